The largest absolute Gasteiger partial charge is 0.435 e. The highest BCUT2D eigenvalue weighted by Gasteiger charge is 2.32. The summed E-state index contributed by atoms with van der Waals surface area (Å²) < 4.78 is 33.3. The van der Waals surface area contributed by atoms with Gasteiger partial charge in [0.2, 0.25) is 0 Å². The monoisotopic (exact) mass is 398 g/mol. The molecular formula is C16H17ClN3O3S2+. The SMILES string of the molecule is O=S(=O)(c1ccc(Cl)s1)N1CC[NH+](Cc2nc3ccccc3o2)CC1. The van der Waals surface area contributed by atoms with E-state index in [1.165, 1.54) is 9.21 Å². The van der Waals surface area contributed by atoms with Crippen LogP contribution in [0.3, 0.4) is 0 Å². The van der Waals surface area contributed by atoms with Gasteiger partial charge in [-0.1, -0.05) is 23.7 Å². The van der Waals surface area contributed by atoms with Gasteiger partial charge in [-0.05, 0) is 24.3 Å². The highest BCUT2D eigenvalue weighted by atomic mass is 35.5. The highest BCUT2D eigenvalue weighted by molar-refractivity contribution is 7.91. The van der Waals surface area contributed by atoms with E-state index in [-0.39, 0.29) is 0 Å². The molecule has 1 fully saturated rings. The number of piperazine rings is 1. The van der Waals surface area contributed by atoms with E-state index in [2.05, 4.69) is 4.98 Å². The number of thiophene rings is 1. The fourth-order valence-corrected chi connectivity index (χ4v) is 6.07. The Morgan fingerprint density at radius 2 is 1.96 bits per heavy atom. The van der Waals surface area contributed by atoms with Gasteiger partial charge in [-0.2, -0.15) is 4.31 Å². The molecule has 4 rings (SSSR count). The third-order valence-electron chi connectivity index (χ3n) is 4.31. The van der Waals surface area contributed by atoms with Gasteiger partial charge in [0.1, 0.15) is 9.73 Å². The number of hydrogen-bond acceptors (Lipinski definition) is 5. The summed E-state index contributed by atoms with van der Waals surface area (Å²) in [5, 5.41) is 0. The van der Waals surface area contributed by atoms with Crippen LogP contribution in [-0.2, 0) is 16.6 Å². The smallest absolute Gasteiger partial charge is 0.253 e. The molecule has 0 spiro atoms. The van der Waals surface area contributed by atoms with Crippen LogP contribution in [0.2, 0.25) is 4.34 Å². The van der Waals surface area contributed by atoms with Crippen LogP contribution in [-0.4, -0.2) is 43.9 Å². The number of sulfonamides is 1. The molecule has 9 heteroatoms. The summed E-state index contributed by atoms with van der Waals surface area (Å²) in [5.41, 5.74) is 1.64. The van der Waals surface area contributed by atoms with Crippen LogP contribution in [0.5, 0.6) is 0 Å². The van der Waals surface area contributed by atoms with Crippen molar-refractivity contribution in [1.82, 2.24) is 9.29 Å². The van der Waals surface area contributed by atoms with E-state index in [1.54, 1.807) is 12.1 Å². The van der Waals surface area contributed by atoms with Crippen LogP contribution in [0.15, 0.2) is 45.0 Å². The topological polar surface area (TPSA) is 67.8 Å². The molecule has 25 heavy (non-hydrogen) atoms. The number of hydrogen-bond donors (Lipinski definition) is 1. The maximum absolute atomic E-state index is 12.6. The molecule has 0 atom stereocenters. The first-order valence-corrected chi connectivity index (χ1v) is 10.6. The van der Waals surface area contributed by atoms with E-state index in [0.717, 1.165) is 35.5 Å². The van der Waals surface area contributed by atoms with Gasteiger partial charge < -0.3 is 9.32 Å². The summed E-state index contributed by atoms with van der Waals surface area (Å²) in [6, 6.07) is 10.9. The summed E-state index contributed by atoms with van der Waals surface area (Å²) >= 11 is 6.96. The average molecular weight is 399 g/mol. The number of rotatable bonds is 4. The maximum Gasteiger partial charge on any atom is 0.253 e. The molecule has 0 amide bonds. The summed E-state index contributed by atoms with van der Waals surface area (Å²) in [6.45, 7) is 3.06. The van der Waals surface area contributed by atoms with Crippen molar-refractivity contribution in [3.63, 3.8) is 0 Å². The number of nitrogens with one attached hydrogen (secondary N) is 1. The van der Waals surface area contributed by atoms with Gasteiger partial charge in [-0.25, -0.2) is 13.4 Å². The Hall–Kier alpha value is -1.45. The summed E-state index contributed by atoms with van der Waals surface area (Å²) in [6.07, 6.45) is 0. The van der Waals surface area contributed by atoms with Crippen molar-refractivity contribution in [2.45, 2.75) is 10.8 Å². The molecular weight excluding hydrogens is 382 g/mol. The van der Waals surface area contributed by atoms with Crippen LogP contribution in [0.1, 0.15) is 5.89 Å². The minimum atomic E-state index is -3.44. The van der Waals surface area contributed by atoms with Crippen molar-refractivity contribution in [3.05, 3.63) is 46.6 Å². The molecule has 3 heterocycles. The Morgan fingerprint density at radius 3 is 2.64 bits per heavy atom. The number of nitrogens with zero attached hydrogens (tertiary/aromatic N) is 2. The first-order valence-electron chi connectivity index (χ1n) is 7.96. The number of quaternary nitrogens is 1. The lowest BCUT2D eigenvalue weighted by Crippen LogP contribution is -3.13. The molecule has 1 aliphatic heterocycles. The zero-order valence-corrected chi connectivity index (χ0v) is 15.7. The summed E-state index contributed by atoms with van der Waals surface area (Å²) in [7, 11) is -3.44. The first-order chi connectivity index (χ1) is 12.0. The van der Waals surface area contributed by atoms with Gasteiger partial charge >= 0.3 is 0 Å². The molecule has 1 saturated heterocycles. The summed E-state index contributed by atoms with van der Waals surface area (Å²) in [5.74, 6) is 0.692. The van der Waals surface area contributed by atoms with Crippen LogP contribution < -0.4 is 4.90 Å². The van der Waals surface area contributed by atoms with Gasteiger partial charge in [0.25, 0.3) is 15.9 Å². The Morgan fingerprint density at radius 1 is 1.20 bits per heavy atom. The molecule has 6 nitrogen and oxygen atoms in total. The van der Waals surface area contributed by atoms with E-state index >= 15 is 0 Å². The number of aromatic nitrogens is 1. The lowest BCUT2D eigenvalue weighted by Gasteiger charge is -2.30. The number of halogens is 1. The molecule has 132 valence electrons. The number of fused-ring (bicyclic) bond motifs is 1. The predicted molar refractivity (Wildman–Crippen MR) is 96.5 cm³/mol. The molecule has 1 N–H and O–H groups in total. The quantitative estimate of drug-likeness (QED) is 0.725. The second kappa shape index (κ2) is 6.69. The average Bonchev–Trinajstić information content (AvgIpc) is 3.21. The zero-order chi connectivity index (χ0) is 17.4. The standard InChI is InChI=1S/C16H16ClN3O3S2/c17-14-5-6-16(24-14)25(21,22)20-9-7-19(8-10-20)11-15-18-12-3-1-2-4-13(12)23-15/h1-6H,7-11H2/p+1. The number of benzene rings is 1. The lowest BCUT2D eigenvalue weighted by atomic mass is 10.3. The highest BCUT2D eigenvalue weighted by Crippen LogP contribution is 2.28. The Balaban J connectivity index is 1.41. The normalized spacial score (nSPS) is 17.3. The molecule has 1 aromatic carbocycles. The number of oxazole rings is 1. The van der Waals surface area contributed by atoms with E-state index < -0.39 is 10.0 Å². The van der Waals surface area contributed by atoms with Crippen molar-refractivity contribution in [3.8, 4) is 0 Å². The second-order valence-electron chi connectivity index (χ2n) is 5.96. The third kappa shape index (κ3) is 3.45. The fourth-order valence-electron chi connectivity index (χ4n) is 2.99. The van der Waals surface area contributed by atoms with Crippen molar-refractivity contribution in [1.29, 1.82) is 0 Å². The van der Waals surface area contributed by atoms with Crippen LogP contribution in [0.4, 0.5) is 0 Å². The molecule has 0 saturated carbocycles. The molecule has 0 unspecified atom stereocenters. The molecule has 3 aromatic rings. The van der Waals surface area contributed by atoms with E-state index in [0.29, 0.717) is 34.1 Å². The van der Waals surface area contributed by atoms with E-state index in [9.17, 15) is 8.42 Å². The summed E-state index contributed by atoms with van der Waals surface area (Å²) in [4.78, 5) is 5.76. The van der Waals surface area contributed by atoms with E-state index in [4.69, 9.17) is 16.0 Å². The lowest BCUT2D eigenvalue weighted by molar-refractivity contribution is -0.918. The van der Waals surface area contributed by atoms with Crippen LogP contribution in [0, 0.1) is 0 Å². The molecule has 0 radical (unpaired) electrons. The number of para-hydroxylation sites is 2. The van der Waals surface area contributed by atoms with Crippen molar-refractivity contribution in [2.75, 3.05) is 26.2 Å². The molecule has 0 aliphatic carbocycles. The molecule has 1 aliphatic rings. The zero-order valence-electron chi connectivity index (χ0n) is 13.3. The first kappa shape index (κ1) is 17.0. The Labute approximate surface area is 154 Å². The fraction of sp³-hybridized carbons (Fsp3) is 0.312. The van der Waals surface area contributed by atoms with Gasteiger partial charge in [-0.15, -0.1) is 11.3 Å². The predicted octanol–water partition coefficient (Wildman–Crippen LogP) is 1.63. The van der Waals surface area contributed by atoms with Crippen molar-refractivity contribution >= 4 is 44.1 Å². The second-order valence-corrected chi connectivity index (χ2v) is 9.84. The minimum absolute atomic E-state index is 0.305. The van der Waals surface area contributed by atoms with Gasteiger partial charge in [0.15, 0.2) is 12.1 Å². The maximum atomic E-state index is 12.6. The van der Waals surface area contributed by atoms with Crippen LogP contribution in [0.25, 0.3) is 11.1 Å². The van der Waals surface area contributed by atoms with E-state index in [1.807, 2.05) is 24.3 Å². The van der Waals surface area contributed by atoms with Gasteiger partial charge in [0, 0.05) is 0 Å². The Kier molecular flexibility index (Phi) is 4.55. The van der Waals surface area contributed by atoms with Gasteiger partial charge in [-0.3, -0.25) is 0 Å². The van der Waals surface area contributed by atoms with Crippen molar-refractivity contribution in [2.24, 2.45) is 0 Å². The van der Waals surface area contributed by atoms with Gasteiger partial charge in [0.05, 0.1) is 30.5 Å². The minimum Gasteiger partial charge on any atom is -0.435 e. The Bertz CT molecular complexity index is 958. The van der Waals surface area contributed by atoms with Crippen molar-refractivity contribution < 1.29 is 17.7 Å². The molecule has 2 aromatic heterocycles. The van der Waals surface area contributed by atoms with Crippen LogP contribution >= 0.6 is 22.9 Å². The third-order valence-corrected chi connectivity index (χ3v) is 7.91. The molecule has 0 bridgehead atoms.